The zero-order valence-corrected chi connectivity index (χ0v) is 11.4. The summed E-state index contributed by atoms with van der Waals surface area (Å²) in [6.07, 6.45) is 2.34. The van der Waals surface area contributed by atoms with E-state index in [0.29, 0.717) is 22.6 Å². The second-order valence-electron chi connectivity index (χ2n) is 5.44. The second-order valence-corrected chi connectivity index (χ2v) is 5.83. The molecule has 4 heteroatoms. The Morgan fingerprint density at radius 1 is 1.33 bits per heavy atom. The van der Waals surface area contributed by atoms with Gasteiger partial charge < -0.3 is 9.55 Å². The molecule has 3 rings (SSSR count). The maximum Gasteiger partial charge on any atom is 0.178 e. The van der Waals surface area contributed by atoms with Gasteiger partial charge in [-0.15, -0.1) is 0 Å². The molecule has 2 nitrogen and oxygen atoms in total. The fraction of sp³-hybridized carbons (Fsp3) is 0.500. The molecule has 0 saturated heterocycles. The normalized spacial score (nSPS) is 28.1. The maximum absolute atomic E-state index is 13.4. The van der Waals surface area contributed by atoms with E-state index in [0.717, 1.165) is 17.5 Å². The van der Waals surface area contributed by atoms with Gasteiger partial charge in [-0.1, -0.05) is 13.8 Å². The summed E-state index contributed by atoms with van der Waals surface area (Å²) in [5.74, 6) is 1.08. The first-order chi connectivity index (χ1) is 8.58. The molecule has 3 atom stereocenters. The van der Waals surface area contributed by atoms with Crippen LogP contribution < -0.4 is 0 Å². The van der Waals surface area contributed by atoms with Gasteiger partial charge in [0.15, 0.2) is 4.77 Å². The molecule has 1 fully saturated rings. The van der Waals surface area contributed by atoms with Gasteiger partial charge in [0.25, 0.3) is 0 Å². The van der Waals surface area contributed by atoms with E-state index in [1.807, 2.05) is 0 Å². The second kappa shape index (κ2) is 4.19. The Morgan fingerprint density at radius 3 is 2.78 bits per heavy atom. The zero-order chi connectivity index (χ0) is 12.9. The third-order valence-electron chi connectivity index (χ3n) is 4.43. The minimum Gasteiger partial charge on any atom is -0.331 e. The first-order valence-electron chi connectivity index (χ1n) is 6.47. The Hall–Kier alpha value is -1.16. The first-order valence-corrected chi connectivity index (χ1v) is 6.88. The van der Waals surface area contributed by atoms with Crippen LogP contribution in [0.4, 0.5) is 4.39 Å². The fourth-order valence-corrected chi connectivity index (χ4v) is 3.47. The molecule has 0 spiro atoms. The van der Waals surface area contributed by atoms with Gasteiger partial charge in [0.2, 0.25) is 0 Å². The van der Waals surface area contributed by atoms with E-state index in [1.165, 1.54) is 12.5 Å². The van der Waals surface area contributed by atoms with Crippen LogP contribution in [0.25, 0.3) is 11.0 Å². The number of fused-ring (bicyclic) bond motifs is 1. The summed E-state index contributed by atoms with van der Waals surface area (Å²) in [4.78, 5) is 3.18. The van der Waals surface area contributed by atoms with Crippen molar-refractivity contribution in [1.29, 1.82) is 0 Å². The summed E-state index contributed by atoms with van der Waals surface area (Å²) in [5, 5.41) is 0. The molecule has 0 amide bonds. The fourth-order valence-electron chi connectivity index (χ4n) is 3.13. The first kappa shape index (κ1) is 11.9. The van der Waals surface area contributed by atoms with E-state index in [9.17, 15) is 4.39 Å². The average Bonchev–Trinajstić information content (AvgIpc) is 2.81. The van der Waals surface area contributed by atoms with Crippen molar-refractivity contribution in [2.45, 2.75) is 32.7 Å². The van der Waals surface area contributed by atoms with Crippen molar-refractivity contribution in [2.75, 3.05) is 0 Å². The van der Waals surface area contributed by atoms with Crippen molar-refractivity contribution in [3.05, 3.63) is 28.8 Å². The number of H-pyrrole nitrogens is 1. The number of hydrogen-bond donors (Lipinski definition) is 1. The van der Waals surface area contributed by atoms with Crippen molar-refractivity contribution < 1.29 is 4.39 Å². The van der Waals surface area contributed by atoms with Crippen molar-refractivity contribution in [3.63, 3.8) is 0 Å². The molecule has 1 saturated carbocycles. The van der Waals surface area contributed by atoms with Gasteiger partial charge in [-0.05, 0) is 55.1 Å². The van der Waals surface area contributed by atoms with Crippen LogP contribution >= 0.6 is 12.2 Å². The highest BCUT2D eigenvalue weighted by atomic mass is 32.1. The van der Waals surface area contributed by atoms with Gasteiger partial charge in [0, 0.05) is 6.04 Å². The van der Waals surface area contributed by atoms with E-state index < -0.39 is 0 Å². The number of imidazole rings is 1. The van der Waals surface area contributed by atoms with Crippen molar-refractivity contribution in [2.24, 2.45) is 11.8 Å². The van der Waals surface area contributed by atoms with Crippen LogP contribution in [-0.2, 0) is 0 Å². The molecule has 0 bridgehead atoms. The van der Waals surface area contributed by atoms with Crippen molar-refractivity contribution >= 4 is 23.3 Å². The summed E-state index contributed by atoms with van der Waals surface area (Å²) in [6.45, 7) is 4.55. The highest BCUT2D eigenvalue weighted by Gasteiger charge is 2.32. The van der Waals surface area contributed by atoms with Gasteiger partial charge in [0.05, 0.1) is 11.0 Å². The lowest BCUT2D eigenvalue weighted by Gasteiger charge is -2.20. The van der Waals surface area contributed by atoms with Crippen LogP contribution in [0.1, 0.15) is 32.7 Å². The largest absolute Gasteiger partial charge is 0.331 e. The minimum absolute atomic E-state index is 0.205. The Labute approximate surface area is 111 Å². The highest BCUT2D eigenvalue weighted by molar-refractivity contribution is 7.71. The number of aromatic amines is 1. The lowest BCUT2D eigenvalue weighted by atomic mass is 9.97. The number of hydrogen-bond acceptors (Lipinski definition) is 1. The molecule has 2 aromatic rings. The predicted octanol–water partition coefficient (Wildman–Crippen LogP) is 4.45. The molecule has 1 aliphatic carbocycles. The molecule has 0 aliphatic heterocycles. The zero-order valence-electron chi connectivity index (χ0n) is 10.6. The molecule has 0 radical (unpaired) electrons. The van der Waals surface area contributed by atoms with Crippen LogP contribution in [-0.4, -0.2) is 9.55 Å². The minimum atomic E-state index is -0.205. The monoisotopic (exact) mass is 264 g/mol. The maximum atomic E-state index is 13.4. The van der Waals surface area contributed by atoms with Crippen molar-refractivity contribution in [1.82, 2.24) is 9.55 Å². The van der Waals surface area contributed by atoms with E-state index in [4.69, 9.17) is 12.2 Å². The Kier molecular flexibility index (Phi) is 2.77. The van der Waals surface area contributed by atoms with Crippen molar-refractivity contribution in [3.8, 4) is 0 Å². The summed E-state index contributed by atoms with van der Waals surface area (Å²) in [6, 6.07) is 5.21. The van der Waals surface area contributed by atoms with Gasteiger partial charge in [-0.3, -0.25) is 0 Å². The van der Waals surface area contributed by atoms with E-state index in [1.54, 1.807) is 12.1 Å². The van der Waals surface area contributed by atoms with E-state index in [2.05, 4.69) is 23.4 Å². The average molecular weight is 264 g/mol. The number of nitrogens with one attached hydrogen (secondary N) is 1. The molecule has 3 unspecified atom stereocenters. The number of nitrogens with zero attached hydrogens (tertiary/aromatic N) is 1. The molecule has 96 valence electrons. The Balaban J connectivity index is 2.19. The quantitative estimate of drug-likeness (QED) is 0.755. The number of rotatable bonds is 1. The van der Waals surface area contributed by atoms with E-state index in [-0.39, 0.29) is 5.82 Å². The van der Waals surface area contributed by atoms with Gasteiger partial charge in [-0.25, -0.2) is 4.39 Å². The standard InChI is InChI=1S/C14H17FN2S/c1-8-3-6-12(9(8)2)17-13-7-10(15)4-5-11(13)16-14(17)18/h4-5,7-9,12H,3,6H2,1-2H3,(H,16,18). The van der Waals surface area contributed by atoms with Crippen LogP contribution in [0.3, 0.4) is 0 Å². The molecular formula is C14H17FN2S. The molecule has 1 heterocycles. The van der Waals surface area contributed by atoms with Gasteiger partial charge >= 0.3 is 0 Å². The topological polar surface area (TPSA) is 20.7 Å². The number of halogens is 1. The third kappa shape index (κ3) is 1.70. The predicted molar refractivity (Wildman–Crippen MR) is 73.7 cm³/mol. The molecule has 1 N–H and O–H groups in total. The number of benzene rings is 1. The van der Waals surface area contributed by atoms with E-state index >= 15 is 0 Å². The van der Waals surface area contributed by atoms with Crippen LogP contribution in [0.2, 0.25) is 0 Å². The van der Waals surface area contributed by atoms with Crippen LogP contribution in [0.5, 0.6) is 0 Å². The molecular weight excluding hydrogens is 247 g/mol. The smallest absolute Gasteiger partial charge is 0.178 e. The summed E-state index contributed by atoms with van der Waals surface area (Å²) in [7, 11) is 0. The summed E-state index contributed by atoms with van der Waals surface area (Å²) in [5.41, 5.74) is 1.82. The van der Waals surface area contributed by atoms with Gasteiger partial charge in [-0.2, -0.15) is 0 Å². The lowest BCUT2D eigenvalue weighted by molar-refractivity contribution is 0.356. The van der Waals surface area contributed by atoms with Crippen LogP contribution in [0.15, 0.2) is 18.2 Å². The summed E-state index contributed by atoms with van der Waals surface area (Å²) >= 11 is 5.41. The Bertz CT molecular complexity index is 643. The molecule has 1 aromatic carbocycles. The Morgan fingerprint density at radius 2 is 2.11 bits per heavy atom. The van der Waals surface area contributed by atoms with Gasteiger partial charge in [0.1, 0.15) is 5.82 Å². The molecule has 1 aliphatic rings. The highest BCUT2D eigenvalue weighted by Crippen LogP contribution is 2.41. The van der Waals surface area contributed by atoms with Crippen LogP contribution in [0, 0.1) is 22.4 Å². The third-order valence-corrected chi connectivity index (χ3v) is 4.73. The molecule has 18 heavy (non-hydrogen) atoms. The lowest BCUT2D eigenvalue weighted by Crippen LogP contribution is -2.14. The number of aromatic nitrogens is 2. The molecule has 1 aromatic heterocycles. The summed E-state index contributed by atoms with van der Waals surface area (Å²) < 4.78 is 16.2. The SMILES string of the molecule is CC1CCC(n2c(=S)[nH]c3ccc(F)cc32)C1C.